The normalized spacial score (nSPS) is 13.9. The molecule has 1 atom stereocenters. The second-order valence-electron chi connectivity index (χ2n) is 8.70. The third-order valence-corrected chi connectivity index (χ3v) is 6.23. The first-order chi connectivity index (χ1) is 18.7. The molecule has 3 N–H and O–H groups in total. The van der Waals surface area contributed by atoms with E-state index in [0.29, 0.717) is 35.1 Å². The number of likely N-dealkylation sites (tertiary alicyclic amines) is 1. The molecule has 0 radical (unpaired) electrons. The van der Waals surface area contributed by atoms with E-state index < -0.39 is 29.9 Å². The largest absolute Gasteiger partial charge is 0.478 e. The van der Waals surface area contributed by atoms with Gasteiger partial charge in [0, 0.05) is 35.4 Å². The Bertz CT molecular complexity index is 1390. The van der Waals surface area contributed by atoms with Crippen LogP contribution in [0.1, 0.15) is 22.3 Å². The Morgan fingerprint density at radius 3 is 2.56 bits per heavy atom. The number of hydrogen-bond acceptors (Lipinski definition) is 8. The summed E-state index contributed by atoms with van der Waals surface area (Å²) in [4.78, 5) is 50.3. The molecule has 0 bridgehead atoms. The van der Waals surface area contributed by atoms with Crippen LogP contribution in [0.15, 0.2) is 54.9 Å². The maximum absolute atomic E-state index is 13.1. The average molecular weight is 554 g/mol. The van der Waals surface area contributed by atoms with Gasteiger partial charge in [0.2, 0.25) is 11.8 Å². The first kappa shape index (κ1) is 27.3. The molecule has 2 aromatic carbocycles. The highest BCUT2D eigenvalue weighted by Crippen LogP contribution is 2.23. The zero-order chi connectivity index (χ0) is 27.9. The van der Waals surface area contributed by atoms with Crippen molar-refractivity contribution in [1.29, 1.82) is 0 Å². The number of aromatic carboxylic acids is 1. The van der Waals surface area contributed by atoms with Gasteiger partial charge in [-0.05, 0) is 71.3 Å². The van der Waals surface area contributed by atoms with Crippen LogP contribution < -0.4 is 10.6 Å². The number of tetrazole rings is 1. The lowest BCUT2D eigenvalue weighted by Crippen LogP contribution is -2.54. The van der Waals surface area contributed by atoms with Gasteiger partial charge in [0.05, 0.1) is 18.4 Å². The van der Waals surface area contributed by atoms with Gasteiger partial charge in [-0.1, -0.05) is 11.6 Å². The highest BCUT2D eigenvalue weighted by molar-refractivity contribution is 6.30. The van der Waals surface area contributed by atoms with Crippen LogP contribution in [0.5, 0.6) is 0 Å². The van der Waals surface area contributed by atoms with Gasteiger partial charge in [0.15, 0.2) is 0 Å². The summed E-state index contributed by atoms with van der Waals surface area (Å²) in [6.07, 6.45) is 4.00. The van der Waals surface area contributed by atoms with Crippen LogP contribution in [0.3, 0.4) is 0 Å². The van der Waals surface area contributed by atoms with Crippen molar-refractivity contribution in [3.63, 3.8) is 0 Å². The van der Waals surface area contributed by atoms with Gasteiger partial charge in [-0.3, -0.25) is 9.59 Å². The number of carboxylic acid groups (broad SMARTS) is 1. The molecule has 4 rings (SSSR count). The van der Waals surface area contributed by atoms with Crippen molar-refractivity contribution in [3.05, 3.63) is 71.0 Å². The Labute approximate surface area is 227 Å². The lowest BCUT2D eigenvalue weighted by Gasteiger charge is -2.39. The van der Waals surface area contributed by atoms with Gasteiger partial charge in [0.1, 0.15) is 12.4 Å². The van der Waals surface area contributed by atoms with E-state index >= 15 is 0 Å². The lowest BCUT2D eigenvalue weighted by atomic mass is 9.92. The number of amides is 3. The van der Waals surface area contributed by atoms with Crippen molar-refractivity contribution < 1.29 is 29.0 Å². The van der Waals surface area contributed by atoms with E-state index in [1.54, 1.807) is 18.2 Å². The van der Waals surface area contributed by atoms with Crippen molar-refractivity contribution >= 4 is 47.2 Å². The molecule has 1 aromatic heterocycles. The molecule has 39 heavy (non-hydrogen) atoms. The zero-order valence-electron chi connectivity index (χ0n) is 20.7. The summed E-state index contributed by atoms with van der Waals surface area (Å²) >= 11 is 6.13. The van der Waals surface area contributed by atoms with Crippen LogP contribution in [-0.2, 0) is 14.3 Å². The summed E-state index contributed by atoms with van der Waals surface area (Å²) in [6, 6.07) is 9.71. The fourth-order valence-corrected chi connectivity index (χ4v) is 4.19. The summed E-state index contributed by atoms with van der Waals surface area (Å²) in [5.74, 6) is -2.16. The van der Waals surface area contributed by atoms with Crippen molar-refractivity contribution in [1.82, 2.24) is 30.4 Å². The van der Waals surface area contributed by atoms with E-state index in [0.717, 1.165) is 0 Å². The molecule has 3 amide bonds. The standard InChI is InChI=1S/C25H24ClN7O6/c1-39-25(38)32-12-15(13-32)10-20(23(35)28-19-6-2-16(3-7-19)24(36)37)29-22(34)9-4-17-11-18(26)5-8-21(17)33-14-27-30-31-33/h2-9,11,14-15,20H,10,12-13H2,1H3,(H,28,35)(H,29,34)(H,36,37)/t20-/m0/s1. The van der Waals surface area contributed by atoms with Crippen LogP contribution in [0.25, 0.3) is 11.8 Å². The van der Waals surface area contributed by atoms with E-state index in [1.807, 2.05) is 0 Å². The number of ether oxygens (including phenoxy) is 1. The van der Waals surface area contributed by atoms with Crippen LogP contribution in [0.2, 0.25) is 5.02 Å². The van der Waals surface area contributed by atoms with E-state index in [4.69, 9.17) is 21.4 Å². The molecule has 3 aromatic rings. The first-order valence-corrected chi connectivity index (χ1v) is 12.1. The van der Waals surface area contributed by atoms with Crippen molar-refractivity contribution in [3.8, 4) is 5.69 Å². The van der Waals surface area contributed by atoms with Crippen molar-refractivity contribution in [2.75, 3.05) is 25.5 Å². The molecule has 1 fully saturated rings. The Morgan fingerprint density at radius 2 is 1.92 bits per heavy atom. The Balaban J connectivity index is 1.47. The fraction of sp³-hybridized carbons (Fsp3) is 0.240. The molecular formula is C25H24ClN7O6. The van der Waals surface area contributed by atoms with Gasteiger partial charge < -0.3 is 25.4 Å². The van der Waals surface area contributed by atoms with Gasteiger partial charge in [-0.15, -0.1) is 5.10 Å². The number of nitrogens with zero attached hydrogens (tertiary/aromatic N) is 5. The molecule has 14 heteroatoms. The molecule has 0 spiro atoms. The molecule has 1 aliphatic rings. The number of benzene rings is 2. The zero-order valence-corrected chi connectivity index (χ0v) is 21.4. The SMILES string of the molecule is COC(=O)N1CC(C[C@H](NC(=O)C=Cc2cc(Cl)ccc2-n2cnnn2)C(=O)Nc2ccc(C(=O)O)cc2)C1. The highest BCUT2D eigenvalue weighted by atomic mass is 35.5. The predicted octanol–water partition coefficient (Wildman–Crippen LogP) is 2.24. The van der Waals surface area contributed by atoms with Gasteiger partial charge in [-0.2, -0.15) is 4.68 Å². The van der Waals surface area contributed by atoms with Crippen LogP contribution in [0, 0.1) is 5.92 Å². The Morgan fingerprint density at radius 1 is 1.18 bits per heavy atom. The fourth-order valence-electron chi connectivity index (χ4n) is 4.01. The summed E-state index contributed by atoms with van der Waals surface area (Å²) in [5.41, 5.74) is 1.60. The minimum absolute atomic E-state index is 0.0436. The topological polar surface area (TPSA) is 169 Å². The summed E-state index contributed by atoms with van der Waals surface area (Å²) in [5, 5.41) is 26.0. The number of carboxylic acids is 1. The molecule has 1 aliphatic heterocycles. The minimum Gasteiger partial charge on any atom is -0.478 e. The number of hydrogen-bond donors (Lipinski definition) is 3. The smallest absolute Gasteiger partial charge is 0.409 e. The third kappa shape index (κ3) is 6.96. The molecular weight excluding hydrogens is 530 g/mol. The molecule has 2 heterocycles. The molecule has 13 nitrogen and oxygen atoms in total. The monoisotopic (exact) mass is 553 g/mol. The summed E-state index contributed by atoms with van der Waals surface area (Å²) in [7, 11) is 1.29. The lowest BCUT2D eigenvalue weighted by molar-refractivity contribution is -0.124. The molecule has 0 saturated carbocycles. The van der Waals surface area contributed by atoms with Crippen LogP contribution in [0.4, 0.5) is 10.5 Å². The maximum Gasteiger partial charge on any atom is 0.409 e. The number of carbonyl (C=O) groups is 4. The molecule has 0 aliphatic carbocycles. The third-order valence-electron chi connectivity index (χ3n) is 5.99. The maximum atomic E-state index is 13.1. The summed E-state index contributed by atoms with van der Waals surface area (Å²) < 4.78 is 6.13. The minimum atomic E-state index is -1.09. The van der Waals surface area contributed by atoms with E-state index in [1.165, 1.54) is 59.4 Å². The number of methoxy groups -OCH3 is 1. The quantitative estimate of drug-likeness (QED) is 0.336. The molecule has 0 unspecified atom stereocenters. The van der Waals surface area contributed by atoms with Gasteiger partial charge >= 0.3 is 12.1 Å². The van der Waals surface area contributed by atoms with Crippen LogP contribution >= 0.6 is 11.6 Å². The number of halogens is 1. The highest BCUT2D eigenvalue weighted by Gasteiger charge is 2.35. The number of aromatic nitrogens is 4. The Kier molecular flexibility index (Phi) is 8.51. The van der Waals surface area contributed by atoms with E-state index in [-0.39, 0.29) is 17.9 Å². The predicted molar refractivity (Wildman–Crippen MR) is 139 cm³/mol. The van der Waals surface area contributed by atoms with E-state index in [9.17, 15) is 19.2 Å². The second kappa shape index (κ2) is 12.2. The van der Waals surface area contributed by atoms with Gasteiger partial charge in [0.25, 0.3) is 0 Å². The number of rotatable bonds is 9. The van der Waals surface area contributed by atoms with Crippen molar-refractivity contribution in [2.45, 2.75) is 12.5 Å². The molecule has 1 saturated heterocycles. The van der Waals surface area contributed by atoms with Crippen LogP contribution in [-0.4, -0.2) is 80.3 Å². The van der Waals surface area contributed by atoms with E-state index in [2.05, 4.69) is 26.2 Å². The number of anilines is 1. The average Bonchev–Trinajstić information content (AvgIpc) is 3.43. The number of nitrogens with one attached hydrogen (secondary N) is 2. The number of carbonyl (C=O) groups excluding carboxylic acids is 3. The van der Waals surface area contributed by atoms with Gasteiger partial charge in [-0.25, -0.2) is 9.59 Å². The Hall–Kier alpha value is -4.78. The second-order valence-corrected chi connectivity index (χ2v) is 9.14. The molecule has 202 valence electrons. The first-order valence-electron chi connectivity index (χ1n) is 11.7. The summed E-state index contributed by atoms with van der Waals surface area (Å²) in [6.45, 7) is 0.764. The van der Waals surface area contributed by atoms with Crippen molar-refractivity contribution in [2.24, 2.45) is 5.92 Å².